The summed E-state index contributed by atoms with van der Waals surface area (Å²) in [6.07, 6.45) is 3.74. The van der Waals surface area contributed by atoms with Crippen molar-refractivity contribution in [1.29, 1.82) is 0 Å². The molecule has 1 aromatic heterocycles. The molecule has 0 atom stereocenters. The first-order valence-electron chi connectivity index (χ1n) is 7.09. The van der Waals surface area contributed by atoms with Gasteiger partial charge >= 0.3 is 0 Å². The van der Waals surface area contributed by atoms with Crippen molar-refractivity contribution in [3.8, 4) is 11.6 Å². The molecule has 2 aromatic rings. The van der Waals surface area contributed by atoms with Gasteiger partial charge in [0.1, 0.15) is 5.75 Å². The van der Waals surface area contributed by atoms with Crippen molar-refractivity contribution in [2.75, 3.05) is 0 Å². The predicted octanol–water partition coefficient (Wildman–Crippen LogP) is 4.56. The van der Waals surface area contributed by atoms with Crippen LogP contribution >= 0.6 is 0 Å². The van der Waals surface area contributed by atoms with Crippen LogP contribution in [0.15, 0.2) is 36.5 Å². The van der Waals surface area contributed by atoms with Crippen LogP contribution in [0.25, 0.3) is 0 Å². The molecule has 0 fully saturated rings. The van der Waals surface area contributed by atoms with Crippen LogP contribution in [0.3, 0.4) is 0 Å². The molecule has 0 aliphatic carbocycles. The lowest BCUT2D eigenvalue weighted by Gasteiger charge is -2.07. The number of halogens is 1. The SMILES string of the molecule is CCCc1ccc(Oc2ncc(C(=O)CC)cc2F)cc1. The number of Topliss-reactive ketones (excluding diaryl/α,β-unsaturated/α-hetero) is 1. The molecule has 4 heteroatoms. The van der Waals surface area contributed by atoms with E-state index >= 15 is 0 Å². The number of aromatic nitrogens is 1. The highest BCUT2D eigenvalue weighted by Gasteiger charge is 2.11. The zero-order valence-corrected chi connectivity index (χ0v) is 12.2. The highest BCUT2D eigenvalue weighted by molar-refractivity contribution is 5.95. The number of hydrogen-bond donors (Lipinski definition) is 0. The number of rotatable bonds is 6. The Bertz CT molecular complexity index is 623. The third kappa shape index (κ3) is 3.88. The predicted molar refractivity (Wildman–Crippen MR) is 79.3 cm³/mol. The van der Waals surface area contributed by atoms with Gasteiger partial charge in [-0.25, -0.2) is 9.37 Å². The molecular formula is C17H18FNO2. The van der Waals surface area contributed by atoms with Crippen LogP contribution in [0, 0.1) is 5.82 Å². The molecule has 110 valence electrons. The Morgan fingerprint density at radius 2 is 1.95 bits per heavy atom. The Labute approximate surface area is 123 Å². The van der Waals surface area contributed by atoms with E-state index in [2.05, 4.69) is 11.9 Å². The van der Waals surface area contributed by atoms with Gasteiger partial charge in [0.15, 0.2) is 11.6 Å². The van der Waals surface area contributed by atoms with Crippen LogP contribution in [0.2, 0.25) is 0 Å². The van der Waals surface area contributed by atoms with E-state index in [4.69, 9.17) is 4.74 Å². The second kappa shape index (κ2) is 6.97. The van der Waals surface area contributed by atoms with Crippen LogP contribution in [0.1, 0.15) is 42.6 Å². The summed E-state index contributed by atoms with van der Waals surface area (Å²) in [6, 6.07) is 8.64. The van der Waals surface area contributed by atoms with Gasteiger partial charge in [-0.2, -0.15) is 0 Å². The van der Waals surface area contributed by atoms with Crippen molar-refractivity contribution < 1.29 is 13.9 Å². The summed E-state index contributed by atoms with van der Waals surface area (Å²) in [6.45, 7) is 3.84. The van der Waals surface area contributed by atoms with Crippen LogP contribution in [-0.4, -0.2) is 10.8 Å². The molecule has 0 unspecified atom stereocenters. The van der Waals surface area contributed by atoms with Gasteiger partial charge in [0.05, 0.1) is 0 Å². The molecule has 0 saturated heterocycles. The van der Waals surface area contributed by atoms with E-state index in [9.17, 15) is 9.18 Å². The van der Waals surface area contributed by atoms with Crippen molar-refractivity contribution in [2.45, 2.75) is 33.1 Å². The minimum absolute atomic E-state index is 0.120. The first-order valence-corrected chi connectivity index (χ1v) is 7.09. The fourth-order valence-electron chi connectivity index (χ4n) is 1.98. The Hall–Kier alpha value is -2.23. The number of hydrogen-bond acceptors (Lipinski definition) is 3. The topological polar surface area (TPSA) is 39.2 Å². The first kappa shape index (κ1) is 15.2. The molecule has 0 radical (unpaired) electrons. The average Bonchev–Trinajstić information content (AvgIpc) is 2.50. The molecule has 2 rings (SSSR count). The zero-order valence-electron chi connectivity index (χ0n) is 12.2. The lowest BCUT2D eigenvalue weighted by molar-refractivity contribution is 0.0987. The number of nitrogens with zero attached hydrogens (tertiary/aromatic N) is 1. The van der Waals surface area contributed by atoms with Gasteiger partial charge in [0.2, 0.25) is 0 Å². The maximum absolute atomic E-state index is 13.9. The molecule has 0 bridgehead atoms. The summed E-state index contributed by atoms with van der Waals surface area (Å²) in [5.41, 5.74) is 1.47. The molecule has 21 heavy (non-hydrogen) atoms. The van der Waals surface area contributed by atoms with E-state index in [1.54, 1.807) is 19.1 Å². The summed E-state index contributed by atoms with van der Waals surface area (Å²) < 4.78 is 19.3. The summed E-state index contributed by atoms with van der Waals surface area (Å²) in [7, 11) is 0. The van der Waals surface area contributed by atoms with Crippen LogP contribution in [0.4, 0.5) is 4.39 Å². The van der Waals surface area contributed by atoms with Crippen molar-refractivity contribution in [3.05, 3.63) is 53.5 Å². The van der Waals surface area contributed by atoms with Gasteiger partial charge < -0.3 is 4.74 Å². The van der Waals surface area contributed by atoms with Crippen molar-refractivity contribution >= 4 is 5.78 Å². The molecule has 0 amide bonds. The third-order valence-electron chi connectivity index (χ3n) is 3.13. The largest absolute Gasteiger partial charge is 0.436 e. The number of ether oxygens (including phenoxy) is 1. The Morgan fingerprint density at radius 3 is 2.52 bits per heavy atom. The van der Waals surface area contributed by atoms with E-state index in [0.717, 1.165) is 12.8 Å². The fourth-order valence-corrected chi connectivity index (χ4v) is 1.98. The van der Waals surface area contributed by atoms with Crippen LogP contribution in [0.5, 0.6) is 11.6 Å². The highest BCUT2D eigenvalue weighted by Crippen LogP contribution is 2.23. The molecule has 0 aliphatic rings. The van der Waals surface area contributed by atoms with Gasteiger partial charge in [-0.15, -0.1) is 0 Å². The van der Waals surface area contributed by atoms with Crippen molar-refractivity contribution in [2.24, 2.45) is 0 Å². The number of ketones is 1. The van der Waals surface area contributed by atoms with E-state index in [0.29, 0.717) is 12.2 Å². The van der Waals surface area contributed by atoms with Crippen molar-refractivity contribution in [3.63, 3.8) is 0 Å². The molecule has 0 spiro atoms. The fraction of sp³-hybridized carbons (Fsp3) is 0.294. The van der Waals surface area contributed by atoms with Crippen LogP contribution in [-0.2, 0) is 6.42 Å². The van der Waals surface area contributed by atoms with Gasteiger partial charge in [-0.1, -0.05) is 32.4 Å². The monoisotopic (exact) mass is 287 g/mol. The Morgan fingerprint density at radius 1 is 1.24 bits per heavy atom. The normalized spacial score (nSPS) is 10.4. The van der Waals surface area contributed by atoms with E-state index in [1.807, 2.05) is 12.1 Å². The lowest BCUT2D eigenvalue weighted by atomic mass is 10.1. The van der Waals surface area contributed by atoms with Gasteiger partial charge in [-0.05, 0) is 30.2 Å². The standard InChI is InChI=1S/C17H18FNO2/c1-3-5-12-6-8-14(9-7-12)21-17-15(18)10-13(11-19-17)16(20)4-2/h6-11H,3-5H2,1-2H3. The number of benzene rings is 1. The molecule has 1 heterocycles. The number of carbonyl (C=O) groups excluding carboxylic acids is 1. The maximum Gasteiger partial charge on any atom is 0.255 e. The minimum Gasteiger partial charge on any atom is -0.436 e. The van der Waals surface area contributed by atoms with Gasteiger partial charge in [0, 0.05) is 18.2 Å². The molecule has 0 saturated carbocycles. The third-order valence-corrected chi connectivity index (χ3v) is 3.13. The zero-order chi connectivity index (χ0) is 15.2. The molecule has 0 aliphatic heterocycles. The second-order valence-corrected chi connectivity index (χ2v) is 4.78. The van der Waals surface area contributed by atoms with E-state index < -0.39 is 5.82 Å². The second-order valence-electron chi connectivity index (χ2n) is 4.78. The Balaban J connectivity index is 2.14. The van der Waals surface area contributed by atoms with E-state index in [-0.39, 0.29) is 17.2 Å². The maximum atomic E-state index is 13.9. The molecule has 0 N–H and O–H groups in total. The molecule has 3 nitrogen and oxygen atoms in total. The molecular weight excluding hydrogens is 269 g/mol. The van der Waals surface area contributed by atoms with Crippen molar-refractivity contribution in [1.82, 2.24) is 4.98 Å². The summed E-state index contributed by atoms with van der Waals surface area (Å²) in [5.74, 6) is -0.370. The Kier molecular flexibility index (Phi) is 5.04. The lowest BCUT2D eigenvalue weighted by Crippen LogP contribution is -2.00. The number of pyridine rings is 1. The van der Waals surface area contributed by atoms with Gasteiger partial charge in [-0.3, -0.25) is 4.79 Å². The minimum atomic E-state index is -0.632. The summed E-state index contributed by atoms with van der Waals surface area (Å²) >= 11 is 0. The summed E-state index contributed by atoms with van der Waals surface area (Å²) in [4.78, 5) is 15.4. The highest BCUT2D eigenvalue weighted by atomic mass is 19.1. The molecule has 1 aromatic carbocycles. The quantitative estimate of drug-likeness (QED) is 0.731. The first-order chi connectivity index (χ1) is 10.1. The smallest absolute Gasteiger partial charge is 0.255 e. The van der Waals surface area contributed by atoms with Gasteiger partial charge in [0.25, 0.3) is 5.88 Å². The number of carbonyl (C=O) groups is 1. The van der Waals surface area contributed by atoms with Crippen LogP contribution < -0.4 is 4.74 Å². The number of aryl methyl sites for hydroxylation is 1. The average molecular weight is 287 g/mol. The van der Waals surface area contributed by atoms with E-state index in [1.165, 1.54) is 17.8 Å². The summed E-state index contributed by atoms with van der Waals surface area (Å²) in [5, 5.41) is 0.